The molecule has 0 fully saturated rings. The number of rotatable bonds is 2. The van der Waals surface area contributed by atoms with Gasteiger partial charge >= 0.3 is 0 Å². The second-order valence-corrected chi connectivity index (χ2v) is 6.58. The van der Waals surface area contributed by atoms with E-state index in [1.165, 1.54) is 36.4 Å². The predicted molar refractivity (Wildman–Crippen MR) is 77.2 cm³/mol. The van der Waals surface area contributed by atoms with Gasteiger partial charge in [-0.05, 0) is 36.4 Å². The molecule has 0 heterocycles. The van der Waals surface area contributed by atoms with Crippen molar-refractivity contribution < 1.29 is 8.42 Å². The van der Waals surface area contributed by atoms with Crippen molar-refractivity contribution in [2.45, 2.75) is 9.79 Å². The summed E-state index contributed by atoms with van der Waals surface area (Å²) in [7, 11) is -3.81. The van der Waals surface area contributed by atoms with E-state index in [0.29, 0.717) is 11.4 Å². The van der Waals surface area contributed by atoms with Gasteiger partial charge in [-0.1, -0.05) is 23.2 Å². The van der Waals surface area contributed by atoms with E-state index in [4.69, 9.17) is 34.7 Å². The lowest BCUT2D eigenvalue weighted by Gasteiger charge is -2.09. The van der Waals surface area contributed by atoms with Crippen LogP contribution >= 0.6 is 23.2 Å². The molecular formula is C12H10Cl2N2O2S. The molecule has 2 rings (SSSR count). The zero-order valence-corrected chi connectivity index (χ0v) is 11.9. The van der Waals surface area contributed by atoms with E-state index < -0.39 is 9.84 Å². The van der Waals surface area contributed by atoms with E-state index in [9.17, 15) is 8.42 Å². The smallest absolute Gasteiger partial charge is 0.209 e. The van der Waals surface area contributed by atoms with Crippen LogP contribution < -0.4 is 11.5 Å². The minimum Gasteiger partial charge on any atom is -0.399 e. The van der Waals surface area contributed by atoms with Gasteiger partial charge in [-0.15, -0.1) is 0 Å². The van der Waals surface area contributed by atoms with Crippen LogP contribution in [0.4, 0.5) is 11.4 Å². The molecule has 0 aliphatic rings. The van der Waals surface area contributed by atoms with Gasteiger partial charge < -0.3 is 11.5 Å². The highest BCUT2D eigenvalue weighted by Crippen LogP contribution is 2.33. The summed E-state index contributed by atoms with van der Waals surface area (Å²) in [6, 6.07) is 8.37. The SMILES string of the molecule is Nc1ccc(S(=O)(=O)c2ccc(N)cc2Cl)c(Cl)c1. The van der Waals surface area contributed by atoms with Gasteiger partial charge in [0.05, 0.1) is 19.8 Å². The number of benzene rings is 2. The highest BCUT2D eigenvalue weighted by molar-refractivity contribution is 7.91. The van der Waals surface area contributed by atoms with Crippen molar-refractivity contribution >= 4 is 44.4 Å². The summed E-state index contributed by atoms with van der Waals surface area (Å²) in [5.41, 5.74) is 11.8. The number of sulfone groups is 1. The molecule has 0 saturated carbocycles. The zero-order valence-electron chi connectivity index (χ0n) is 9.60. The lowest BCUT2D eigenvalue weighted by molar-refractivity contribution is 0.596. The van der Waals surface area contributed by atoms with E-state index in [1.807, 2.05) is 0 Å². The molecule has 0 amide bonds. The number of nitrogen functional groups attached to an aromatic ring is 2. The standard InChI is InChI=1S/C12H10Cl2N2O2S/c13-9-5-7(15)1-3-11(9)19(17,18)12-4-2-8(16)6-10(12)14/h1-6H,15-16H2. The van der Waals surface area contributed by atoms with Gasteiger partial charge in [0.2, 0.25) is 9.84 Å². The second kappa shape index (κ2) is 4.92. The highest BCUT2D eigenvalue weighted by atomic mass is 35.5. The molecule has 7 heteroatoms. The van der Waals surface area contributed by atoms with Crippen LogP contribution in [-0.4, -0.2) is 8.42 Å². The van der Waals surface area contributed by atoms with Crippen LogP contribution in [0.25, 0.3) is 0 Å². The summed E-state index contributed by atoms with van der Waals surface area (Å²) in [6.07, 6.45) is 0. The Morgan fingerprint density at radius 3 is 1.47 bits per heavy atom. The van der Waals surface area contributed by atoms with Crippen molar-refractivity contribution in [3.63, 3.8) is 0 Å². The first kappa shape index (κ1) is 14.0. The monoisotopic (exact) mass is 316 g/mol. The third-order valence-corrected chi connectivity index (χ3v) is 5.21. The molecule has 0 radical (unpaired) electrons. The van der Waals surface area contributed by atoms with Gasteiger partial charge in [0.15, 0.2) is 0 Å². The molecular weight excluding hydrogens is 307 g/mol. The van der Waals surface area contributed by atoms with E-state index >= 15 is 0 Å². The maximum absolute atomic E-state index is 12.4. The van der Waals surface area contributed by atoms with Crippen molar-refractivity contribution in [2.24, 2.45) is 0 Å². The topological polar surface area (TPSA) is 86.2 Å². The number of halogens is 2. The molecule has 0 spiro atoms. The minimum atomic E-state index is -3.81. The normalized spacial score (nSPS) is 11.5. The second-order valence-electron chi connectivity index (χ2n) is 3.88. The number of hydrogen-bond acceptors (Lipinski definition) is 4. The van der Waals surface area contributed by atoms with Gasteiger partial charge in [-0.3, -0.25) is 0 Å². The molecule has 0 aliphatic carbocycles. The third kappa shape index (κ3) is 2.63. The molecule has 0 aromatic heterocycles. The minimum absolute atomic E-state index is 0.0463. The average Bonchev–Trinajstić information content (AvgIpc) is 2.27. The molecule has 0 aliphatic heterocycles. The maximum atomic E-state index is 12.4. The molecule has 0 atom stereocenters. The molecule has 19 heavy (non-hydrogen) atoms. The van der Waals surface area contributed by atoms with E-state index in [1.54, 1.807) is 0 Å². The largest absolute Gasteiger partial charge is 0.399 e. The molecule has 4 N–H and O–H groups in total. The van der Waals surface area contributed by atoms with Crippen LogP contribution in [-0.2, 0) is 9.84 Å². The number of anilines is 2. The van der Waals surface area contributed by atoms with Crippen molar-refractivity contribution in [2.75, 3.05) is 11.5 Å². The Morgan fingerprint density at radius 2 is 1.16 bits per heavy atom. The summed E-state index contributed by atoms with van der Waals surface area (Å²) in [5.74, 6) is 0. The lowest BCUT2D eigenvalue weighted by atomic mass is 10.3. The Morgan fingerprint density at radius 1 is 0.789 bits per heavy atom. The summed E-state index contributed by atoms with van der Waals surface area (Å²) in [5, 5.41) is 0.0979. The fraction of sp³-hybridized carbons (Fsp3) is 0. The zero-order chi connectivity index (χ0) is 14.2. The van der Waals surface area contributed by atoms with Gasteiger partial charge in [-0.25, -0.2) is 8.42 Å². The van der Waals surface area contributed by atoms with Crippen LogP contribution in [0, 0.1) is 0 Å². The summed E-state index contributed by atoms with van der Waals surface area (Å²) >= 11 is 11.8. The number of nitrogens with two attached hydrogens (primary N) is 2. The van der Waals surface area contributed by atoms with Crippen LogP contribution in [0.3, 0.4) is 0 Å². The van der Waals surface area contributed by atoms with Crippen molar-refractivity contribution in [1.82, 2.24) is 0 Å². The molecule has 2 aromatic carbocycles. The van der Waals surface area contributed by atoms with Gasteiger partial charge in [0.25, 0.3) is 0 Å². The van der Waals surface area contributed by atoms with Gasteiger partial charge in [0, 0.05) is 11.4 Å². The molecule has 0 bridgehead atoms. The van der Waals surface area contributed by atoms with E-state index in [0.717, 1.165) is 0 Å². The Hall–Kier alpha value is -1.43. The quantitative estimate of drug-likeness (QED) is 0.834. The predicted octanol–water partition coefficient (Wildman–Crippen LogP) is 2.99. The van der Waals surface area contributed by atoms with E-state index in [2.05, 4.69) is 0 Å². The lowest BCUT2D eigenvalue weighted by Crippen LogP contribution is -2.04. The Kier molecular flexibility index (Phi) is 3.62. The molecule has 0 unspecified atom stereocenters. The van der Waals surface area contributed by atoms with Crippen molar-refractivity contribution in [1.29, 1.82) is 0 Å². The Labute approximate surface area is 120 Å². The van der Waals surface area contributed by atoms with Crippen LogP contribution in [0.1, 0.15) is 0 Å². The number of hydrogen-bond donors (Lipinski definition) is 2. The van der Waals surface area contributed by atoms with E-state index in [-0.39, 0.29) is 19.8 Å². The fourth-order valence-electron chi connectivity index (χ4n) is 1.59. The van der Waals surface area contributed by atoms with Crippen molar-refractivity contribution in [3.8, 4) is 0 Å². The highest BCUT2D eigenvalue weighted by Gasteiger charge is 2.23. The maximum Gasteiger partial charge on any atom is 0.209 e. The van der Waals surface area contributed by atoms with Gasteiger partial charge in [-0.2, -0.15) is 0 Å². The fourth-order valence-corrected chi connectivity index (χ4v) is 3.94. The molecule has 0 saturated heterocycles. The Balaban J connectivity index is 2.65. The average molecular weight is 317 g/mol. The Bertz CT molecular complexity index is 688. The summed E-state index contributed by atoms with van der Waals surface area (Å²) in [6.45, 7) is 0. The first-order valence-electron chi connectivity index (χ1n) is 5.17. The molecule has 100 valence electrons. The van der Waals surface area contributed by atoms with Gasteiger partial charge in [0.1, 0.15) is 0 Å². The first-order valence-corrected chi connectivity index (χ1v) is 7.41. The van der Waals surface area contributed by atoms with Crippen LogP contribution in [0.15, 0.2) is 46.2 Å². The third-order valence-electron chi connectivity index (χ3n) is 2.49. The first-order chi connectivity index (χ1) is 8.82. The van der Waals surface area contributed by atoms with Crippen molar-refractivity contribution in [3.05, 3.63) is 46.4 Å². The van der Waals surface area contributed by atoms with Crippen LogP contribution in [0.5, 0.6) is 0 Å². The summed E-state index contributed by atoms with van der Waals surface area (Å²) < 4.78 is 24.9. The summed E-state index contributed by atoms with van der Waals surface area (Å²) in [4.78, 5) is -0.0925. The molecule has 2 aromatic rings. The van der Waals surface area contributed by atoms with Crippen LogP contribution in [0.2, 0.25) is 10.0 Å². The molecule has 4 nitrogen and oxygen atoms in total.